The van der Waals surface area contributed by atoms with Gasteiger partial charge in [-0.05, 0) is 60.6 Å². The first-order valence-corrected chi connectivity index (χ1v) is 8.96. The fourth-order valence-corrected chi connectivity index (χ4v) is 3.53. The highest BCUT2D eigenvalue weighted by molar-refractivity contribution is 5.84. The first-order valence-electron chi connectivity index (χ1n) is 8.96. The summed E-state index contributed by atoms with van der Waals surface area (Å²) in [5.74, 6) is -1.05. The zero-order chi connectivity index (χ0) is 18.5. The molecule has 0 saturated carbocycles. The summed E-state index contributed by atoms with van der Waals surface area (Å²) in [6.45, 7) is 1.27. The van der Waals surface area contributed by atoms with Crippen molar-refractivity contribution in [2.24, 2.45) is 5.92 Å². The minimum atomic E-state index is -0.460. The lowest BCUT2D eigenvalue weighted by Gasteiger charge is -2.34. The van der Waals surface area contributed by atoms with Gasteiger partial charge in [-0.2, -0.15) is 0 Å². The van der Waals surface area contributed by atoms with Crippen LogP contribution in [-0.4, -0.2) is 35.6 Å². The summed E-state index contributed by atoms with van der Waals surface area (Å²) in [4.78, 5) is 15.0. The molecule has 1 aliphatic rings. The van der Waals surface area contributed by atoms with Gasteiger partial charge in [0, 0.05) is 19.7 Å². The summed E-state index contributed by atoms with van der Waals surface area (Å²) in [5.41, 5.74) is 1.59. The van der Waals surface area contributed by atoms with Crippen LogP contribution in [-0.2, 0) is 11.2 Å². The molecule has 1 N–H and O–H groups in total. The van der Waals surface area contributed by atoms with Gasteiger partial charge in [-0.25, -0.2) is 8.78 Å². The van der Waals surface area contributed by atoms with E-state index < -0.39 is 5.92 Å². The Morgan fingerprint density at radius 1 is 1.08 bits per heavy atom. The van der Waals surface area contributed by atoms with Gasteiger partial charge in [-0.3, -0.25) is 4.79 Å². The highest BCUT2D eigenvalue weighted by Crippen LogP contribution is 2.27. The lowest BCUT2D eigenvalue weighted by atomic mass is 9.89. The van der Waals surface area contributed by atoms with Crippen LogP contribution >= 0.6 is 0 Å². The van der Waals surface area contributed by atoms with Gasteiger partial charge in [-0.1, -0.05) is 24.3 Å². The smallest absolute Gasteiger partial charge is 0.230 e. The van der Waals surface area contributed by atoms with Crippen molar-refractivity contribution in [1.29, 1.82) is 0 Å². The number of aliphatic hydroxyl groups excluding tert-OH is 1. The number of nitrogens with zero attached hydrogens (tertiary/aromatic N) is 1. The van der Waals surface area contributed by atoms with Crippen LogP contribution in [0.5, 0.6) is 0 Å². The lowest BCUT2D eigenvalue weighted by molar-refractivity contribution is -0.135. The van der Waals surface area contributed by atoms with Crippen LogP contribution in [0.15, 0.2) is 48.5 Å². The van der Waals surface area contributed by atoms with Crippen LogP contribution in [0.4, 0.5) is 8.78 Å². The molecule has 2 aromatic rings. The van der Waals surface area contributed by atoms with Crippen LogP contribution in [0.1, 0.15) is 29.9 Å². The molecular formula is C21H23F2NO2. The Labute approximate surface area is 152 Å². The van der Waals surface area contributed by atoms with Crippen LogP contribution < -0.4 is 0 Å². The van der Waals surface area contributed by atoms with E-state index in [1.165, 1.54) is 24.3 Å². The number of piperidine rings is 1. The number of carbonyl (C=O) groups excluding carboxylic acids is 1. The van der Waals surface area contributed by atoms with Crippen LogP contribution in [0, 0.1) is 17.6 Å². The number of carbonyl (C=O) groups is 1. The maximum atomic E-state index is 13.3. The normalized spacial score (nSPS) is 18.6. The maximum absolute atomic E-state index is 13.3. The van der Waals surface area contributed by atoms with Gasteiger partial charge in [0.2, 0.25) is 5.91 Å². The summed E-state index contributed by atoms with van der Waals surface area (Å²) in [6.07, 6.45) is 2.20. The Morgan fingerprint density at radius 2 is 1.69 bits per heavy atom. The van der Waals surface area contributed by atoms with Crippen molar-refractivity contribution in [3.63, 3.8) is 0 Å². The molecule has 0 bridgehead atoms. The Kier molecular flexibility index (Phi) is 5.99. The minimum absolute atomic E-state index is 0.0286. The number of hydrogen-bond acceptors (Lipinski definition) is 2. The zero-order valence-corrected chi connectivity index (χ0v) is 14.6. The van der Waals surface area contributed by atoms with Crippen molar-refractivity contribution in [2.45, 2.75) is 25.2 Å². The van der Waals surface area contributed by atoms with E-state index in [-0.39, 0.29) is 30.1 Å². The number of halogens is 2. The molecule has 3 rings (SSSR count). The summed E-state index contributed by atoms with van der Waals surface area (Å²) < 4.78 is 26.5. The molecule has 138 valence electrons. The van der Waals surface area contributed by atoms with E-state index in [4.69, 9.17) is 0 Å². The second kappa shape index (κ2) is 8.41. The minimum Gasteiger partial charge on any atom is -0.396 e. The molecule has 3 nitrogen and oxygen atoms in total. The summed E-state index contributed by atoms with van der Waals surface area (Å²) in [7, 11) is 0. The van der Waals surface area contributed by atoms with Gasteiger partial charge < -0.3 is 10.0 Å². The molecular weight excluding hydrogens is 336 g/mol. The standard InChI is InChI=1S/C21H23F2NO2/c22-18-7-3-15(4-8-18)12-20(17-5-9-19(23)10-6-17)21(26)24-11-1-2-16(13-24)14-25/h3-10,16,20,25H,1-2,11-14H2. The van der Waals surface area contributed by atoms with E-state index in [1.807, 2.05) is 0 Å². The van der Waals surface area contributed by atoms with Gasteiger partial charge in [0.15, 0.2) is 0 Å². The number of hydrogen-bond donors (Lipinski definition) is 1. The molecule has 2 atom stereocenters. The molecule has 0 aromatic heterocycles. The molecule has 0 radical (unpaired) electrons. The van der Waals surface area contributed by atoms with Crippen LogP contribution in [0.3, 0.4) is 0 Å². The quantitative estimate of drug-likeness (QED) is 0.887. The number of aliphatic hydroxyl groups is 1. The average molecular weight is 359 g/mol. The van der Waals surface area contributed by atoms with Crippen molar-refractivity contribution in [2.75, 3.05) is 19.7 Å². The predicted molar refractivity (Wildman–Crippen MR) is 95.6 cm³/mol. The van der Waals surface area contributed by atoms with Crippen molar-refractivity contribution in [3.05, 3.63) is 71.3 Å². The molecule has 0 spiro atoms. The number of amides is 1. The van der Waals surface area contributed by atoms with Gasteiger partial charge in [-0.15, -0.1) is 0 Å². The van der Waals surface area contributed by atoms with E-state index in [2.05, 4.69) is 0 Å². The van der Waals surface area contributed by atoms with Gasteiger partial charge in [0.05, 0.1) is 5.92 Å². The molecule has 0 aliphatic carbocycles. The highest BCUT2D eigenvalue weighted by atomic mass is 19.1. The van der Waals surface area contributed by atoms with E-state index in [1.54, 1.807) is 29.2 Å². The van der Waals surface area contributed by atoms with E-state index in [0.717, 1.165) is 24.0 Å². The summed E-state index contributed by atoms with van der Waals surface area (Å²) >= 11 is 0. The fourth-order valence-electron chi connectivity index (χ4n) is 3.53. The number of benzene rings is 2. The highest BCUT2D eigenvalue weighted by Gasteiger charge is 2.30. The van der Waals surface area contributed by atoms with Gasteiger partial charge >= 0.3 is 0 Å². The summed E-state index contributed by atoms with van der Waals surface area (Å²) in [6, 6.07) is 12.1. The molecule has 26 heavy (non-hydrogen) atoms. The maximum Gasteiger partial charge on any atom is 0.230 e. The van der Waals surface area contributed by atoms with Crippen molar-refractivity contribution in [3.8, 4) is 0 Å². The zero-order valence-electron chi connectivity index (χ0n) is 14.6. The van der Waals surface area contributed by atoms with Crippen molar-refractivity contribution in [1.82, 2.24) is 4.90 Å². The topological polar surface area (TPSA) is 40.5 Å². The third-order valence-corrected chi connectivity index (χ3v) is 5.01. The van der Waals surface area contributed by atoms with Crippen molar-refractivity contribution < 1.29 is 18.7 Å². The van der Waals surface area contributed by atoms with Gasteiger partial charge in [0.1, 0.15) is 11.6 Å². The predicted octanol–water partition coefficient (Wildman–Crippen LogP) is 3.52. The summed E-state index contributed by atoms with van der Waals surface area (Å²) in [5, 5.41) is 9.42. The Hall–Kier alpha value is -2.27. The lowest BCUT2D eigenvalue weighted by Crippen LogP contribution is -2.43. The molecule has 2 aromatic carbocycles. The third kappa shape index (κ3) is 4.47. The van der Waals surface area contributed by atoms with E-state index in [9.17, 15) is 18.7 Å². The Bertz CT molecular complexity index is 731. The SMILES string of the molecule is O=C(C(Cc1ccc(F)cc1)c1ccc(F)cc1)N1CCCC(CO)C1. The van der Waals surface area contributed by atoms with Crippen LogP contribution in [0.2, 0.25) is 0 Å². The third-order valence-electron chi connectivity index (χ3n) is 5.01. The first-order chi connectivity index (χ1) is 12.6. The Balaban J connectivity index is 1.85. The first kappa shape index (κ1) is 18.5. The number of rotatable bonds is 5. The molecule has 5 heteroatoms. The molecule has 1 amide bonds. The van der Waals surface area contributed by atoms with Crippen LogP contribution in [0.25, 0.3) is 0 Å². The average Bonchev–Trinajstić information content (AvgIpc) is 2.68. The largest absolute Gasteiger partial charge is 0.396 e. The molecule has 2 unspecified atom stereocenters. The molecule has 1 aliphatic heterocycles. The monoisotopic (exact) mass is 359 g/mol. The second-order valence-corrected chi connectivity index (χ2v) is 6.91. The molecule has 1 fully saturated rings. The number of likely N-dealkylation sites (tertiary alicyclic amines) is 1. The van der Waals surface area contributed by atoms with E-state index >= 15 is 0 Å². The van der Waals surface area contributed by atoms with Gasteiger partial charge in [0.25, 0.3) is 0 Å². The van der Waals surface area contributed by atoms with Crippen molar-refractivity contribution >= 4 is 5.91 Å². The Morgan fingerprint density at radius 3 is 2.31 bits per heavy atom. The second-order valence-electron chi connectivity index (χ2n) is 6.91. The van der Waals surface area contributed by atoms with E-state index in [0.29, 0.717) is 19.5 Å². The fraction of sp³-hybridized carbons (Fsp3) is 0.381. The molecule has 1 heterocycles. The molecule has 1 saturated heterocycles.